The van der Waals surface area contributed by atoms with E-state index in [4.69, 9.17) is 0 Å². The molecule has 166 valence electrons. The summed E-state index contributed by atoms with van der Waals surface area (Å²) in [5.74, 6) is 0.493. The van der Waals surface area contributed by atoms with E-state index in [9.17, 15) is 0 Å². The van der Waals surface area contributed by atoms with Crippen molar-refractivity contribution in [1.29, 1.82) is 0 Å². The number of hydrogen-bond acceptors (Lipinski definition) is 3. The van der Waals surface area contributed by atoms with Crippen molar-refractivity contribution in [2.45, 2.75) is 65.8 Å². The number of aliphatic imine (C=N–C) groups is 1. The minimum atomic E-state index is -0.143. The highest BCUT2D eigenvalue weighted by Gasteiger charge is 2.40. The number of benzene rings is 1. The maximum Gasteiger partial charge on any atom is 0.0724 e. The van der Waals surface area contributed by atoms with E-state index in [0.717, 1.165) is 30.8 Å². The lowest BCUT2D eigenvalue weighted by molar-refractivity contribution is 0.139. The van der Waals surface area contributed by atoms with Crippen LogP contribution in [-0.4, -0.2) is 24.2 Å². The summed E-state index contributed by atoms with van der Waals surface area (Å²) in [5, 5.41) is 4.58. The molecule has 0 saturated heterocycles. The number of unbranched alkanes of at least 4 members (excludes halogenated alkanes) is 1. The SMILES string of the molecule is C=CC(C)CCC(c1ccsc1)(c1cc(C2=C(C)N=C2C)ccc1C)N(C)CCCC. The molecule has 2 aromatic rings. The standard InChI is InChI=1S/C28H38N2S/c1-8-10-16-30(7)28(15-13-20(3)9-2,25-14-17-31-19-25)26-18-24(12-11-21(26)4)27-22(5)29-23(27)6/h9,11-12,14,17-20H,2,8,10,13,15-16H2,1,3-7H3. The topological polar surface area (TPSA) is 15.6 Å². The maximum atomic E-state index is 4.57. The molecule has 3 heteroatoms. The first-order valence-corrected chi connectivity index (χ1v) is 12.5. The summed E-state index contributed by atoms with van der Waals surface area (Å²) in [5.41, 5.74) is 8.96. The lowest BCUT2D eigenvalue weighted by Gasteiger charge is -2.44. The smallest absolute Gasteiger partial charge is 0.0724 e. The van der Waals surface area contributed by atoms with Crippen LogP contribution < -0.4 is 0 Å². The van der Waals surface area contributed by atoms with Crippen LogP contribution in [0.5, 0.6) is 0 Å². The fourth-order valence-electron chi connectivity index (χ4n) is 4.90. The van der Waals surface area contributed by atoms with E-state index in [0.29, 0.717) is 5.92 Å². The number of hydrogen-bond donors (Lipinski definition) is 0. The minimum absolute atomic E-state index is 0.143. The van der Waals surface area contributed by atoms with Gasteiger partial charge in [0.05, 0.1) is 5.54 Å². The molecule has 0 bridgehead atoms. The van der Waals surface area contributed by atoms with Crippen LogP contribution in [-0.2, 0) is 5.54 Å². The Morgan fingerprint density at radius 3 is 2.58 bits per heavy atom. The van der Waals surface area contributed by atoms with Crippen LogP contribution >= 0.6 is 11.3 Å². The van der Waals surface area contributed by atoms with Crippen molar-refractivity contribution in [2.24, 2.45) is 10.9 Å². The van der Waals surface area contributed by atoms with E-state index < -0.39 is 0 Å². The molecule has 2 atom stereocenters. The van der Waals surface area contributed by atoms with Gasteiger partial charge in [0.15, 0.2) is 0 Å². The Bertz CT molecular complexity index is 967. The highest BCUT2D eigenvalue weighted by atomic mass is 32.1. The number of aryl methyl sites for hydroxylation is 1. The average Bonchev–Trinajstić information content (AvgIpc) is 3.29. The molecule has 2 unspecified atom stereocenters. The molecule has 1 aromatic heterocycles. The first-order chi connectivity index (χ1) is 14.8. The van der Waals surface area contributed by atoms with Gasteiger partial charge < -0.3 is 0 Å². The van der Waals surface area contributed by atoms with Gasteiger partial charge in [-0.25, -0.2) is 0 Å². The summed E-state index contributed by atoms with van der Waals surface area (Å²) in [4.78, 5) is 7.18. The third-order valence-electron chi connectivity index (χ3n) is 6.89. The zero-order chi connectivity index (χ0) is 22.6. The molecule has 0 radical (unpaired) electrons. The van der Waals surface area contributed by atoms with Gasteiger partial charge in [-0.3, -0.25) is 9.89 Å². The van der Waals surface area contributed by atoms with Crippen molar-refractivity contribution in [3.63, 3.8) is 0 Å². The molecule has 1 aliphatic heterocycles. The lowest BCUT2D eigenvalue weighted by Crippen LogP contribution is -2.46. The number of thiophene rings is 1. The van der Waals surface area contributed by atoms with Gasteiger partial charge >= 0.3 is 0 Å². The molecular weight excluding hydrogens is 396 g/mol. The third kappa shape index (κ3) is 4.63. The molecule has 0 fully saturated rings. The van der Waals surface area contributed by atoms with Crippen LogP contribution in [0.4, 0.5) is 0 Å². The predicted molar refractivity (Wildman–Crippen MR) is 138 cm³/mol. The Kier molecular flexibility index (Phi) is 7.72. The van der Waals surface area contributed by atoms with Gasteiger partial charge in [-0.05, 0) is 105 Å². The molecule has 1 aromatic carbocycles. The van der Waals surface area contributed by atoms with Crippen molar-refractivity contribution in [3.05, 3.63) is 75.6 Å². The highest BCUT2D eigenvalue weighted by molar-refractivity contribution is 7.08. The second kappa shape index (κ2) is 10.1. The molecule has 0 N–H and O–H groups in total. The molecule has 2 heterocycles. The largest absolute Gasteiger partial charge is 0.293 e. The average molecular weight is 435 g/mol. The lowest BCUT2D eigenvalue weighted by atomic mass is 9.74. The van der Waals surface area contributed by atoms with Gasteiger partial charge in [-0.15, -0.1) is 6.58 Å². The van der Waals surface area contributed by atoms with Crippen LogP contribution in [0, 0.1) is 12.8 Å². The Morgan fingerprint density at radius 2 is 2.00 bits per heavy atom. The Morgan fingerprint density at radius 1 is 1.23 bits per heavy atom. The predicted octanol–water partition coefficient (Wildman–Crippen LogP) is 7.84. The van der Waals surface area contributed by atoms with Crippen LogP contribution in [0.1, 0.15) is 75.6 Å². The van der Waals surface area contributed by atoms with Gasteiger partial charge in [0.1, 0.15) is 0 Å². The van der Waals surface area contributed by atoms with Gasteiger partial charge in [-0.1, -0.05) is 38.5 Å². The molecule has 0 aliphatic carbocycles. The van der Waals surface area contributed by atoms with E-state index in [-0.39, 0.29) is 5.54 Å². The van der Waals surface area contributed by atoms with E-state index in [1.807, 2.05) is 0 Å². The Labute approximate surface area is 193 Å². The number of allylic oxidation sites excluding steroid dienone is 3. The molecule has 2 nitrogen and oxygen atoms in total. The fraction of sp³-hybridized carbons (Fsp3) is 0.464. The summed E-state index contributed by atoms with van der Waals surface area (Å²) in [7, 11) is 2.32. The second-order valence-electron chi connectivity index (χ2n) is 9.09. The summed E-state index contributed by atoms with van der Waals surface area (Å²) in [6.07, 6.45) is 6.69. The third-order valence-corrected chi connectivity index (χ3v) is 7.58. The zero-order valence-electron chi connectivity index (χ0n) is 20.2. The summed E-state index contributed by atoms with van der Waals surface area (Å²) < 4.78 is 0. The van der Waals surface area contributed by atoms with E-state index >= 15 is 0 Å². The highest BCUT2D eigenvalue weighted by Crippen LogP contribution is 2.44. The normalized spacial score (nSPS) is 16.7. The van der Waals surface area contributed by atoms with Crippen molar-refractivity contribution < 1.29 is 0 Å². The van der Waals surface area contributed by atoms with Gasteiger partial charge in [0.25, 0.3) is 0 Å². The summed E-state index contributed by atoms with van der Waals surface area (Å²) >= 11 is 1.80. The molecular formula is C28H38N2S. The van der Waals surface area contributed by atoms with Gasteiger partial charge in [0.2, 0.25) is 0 Å². The monoisotopic (exact) mass is 434 g/mol. The second-order valence-corrected chi connectivity index (χ2v) is 9.87. The molecule has 0 spiro atoms. The van der Waals surface area contributed by atoms with Crippen LogP contribution in [0.15, 0.2) is 58.4 Å². The van der Waals surface area contributed by atoms with Gasteiger partial charge in [-0.2, -0.15) is 11.3 Å². The van der Waals surface area contributed by atoms with Crippen LogP contribution in [0.3, 0.4) is 0 Å². The first-order valence-electron chi connectivity index (χ1n) is 11.6. The number of nitrogens with zero attached hydrogens (tertiary/aromatic N) is 2. The molecule has 1 aliphatic rings. The zero-order valence-corrected chi connectivity index (χ0v) is 21.0. The van der Waals surface area contributed by atoms with Crippen molar-refractivity contribution in [2.75, 3.05) is 13.6 Å². The molecule has 31 heavy (non-hydrogen) atoms. The van der Waals surface area contributed by atoms with Crippen LogP contribution in [0.2, 0.25) is 0 Å². The summed E-state index contributed by atoms with van der Waals surface area (Å²) in [6, 6.07) is 9.36. The fourth-order valence-corrected chi connectivity index (χ4v) is 5.63. The molecule has 0 amide bonds. The van der Waals surface area contributed by atoms with Gasteiger partial charge in [0, 0.05) is 17.0 Å². The Balaban J connectivity index is 2.19. The van der Waals surface area contributed by atoms with Crippen molar-refractivity contribution in [1.82, 2.24) is 4.90 Å². The number of rotatable bonds is 11. The van der Waals surface area contributed by atoms with Crippen molar-refractivity contribution >= 4 is 22.6 Å². The van der Waals surface area contributed by atoms with E-state index in [2.05, 4.69) is 99.2 Å². The van der Waals surface area contributed by atoms with Crippen LogP contribution in [0.25, 0.3) is 5.57 Å². The maximum absolute atomic E-state index is 4.57. The quantitative estimate of drug-likeness (QED) is 0.329. The summed E-state index contributed by atoms with van der Waals surface area (Å²) in [6.45, 7) is 16.2. The first kappa shape index (κ1) is 23.7. The molecule has 3 rings (SSSR count). The van der Waals surface area contributed by atoms with E-state index in [1.54, 1.807) is 11.3 Å². The van der Waals surface area contributed by atoms with Crippen molar-refractivity contribution in [3.8, 4) is 0 Å². The Hall–Kier alpha value is -1.97. The van der Waals surface area contributed by atoms with E-state index in [1.165, 1.54) is 40.7 Å². The molecule has 0 saturated carbocycles. The minimum Gasteiger partial charge on any atom is -0.293 e.